The third-order valence-corrected chi connectivity index (χ3v) is 3.39. The summed E-state index contributed by atoms with van der Waals surface area (Å²) in [5, 5.41) is 10.2. The van der Waals surface area contributed by atoms with Crippen molar-refractivity contribution in [1.29, 1.82) is 0 Å². The minimum atomic E-state index is -5.86. The monoisotopic (exact) mass is 436 g/mol. The standard InChI is InChI=1S/C16H10ClF5N4O3/c17-14(25-13(23)9-1-5-11(6-2-9)26(27)28)24-10-3-7-12(8-4-10)29-16(21,22)15(18,19)20/h1-8H,(H2,23,24,25). The number of non-ortho nitro benzene ring substituents is 1. The molecule has 0 fully saturated rings. The smallest absolute Gasteiger partial charge is 0.426 e. The van der Waals surface area contributed by atoms with Gasteiger partial charge in [-0.15, -0.1) is 0 Å². The van der Waals surface area contributed by atoms with E-state index in [0.29, 0.717) is 5.56 Å². The molecule has 0 saturated heterocycles. The van der Waals surface area contributed by atoms with Crippen LogP contribution >= 0.6 is 11.6 Å². The summed E-state index contributed by atoms with van der Waals surface area (Å²) in [4.78, 5) is 17.6. The highest BCUT2D eigenvalue weighted by atomic mass is 35.5. The van der Waals surface area contributed by atoms with Crippen LogP contribution in [-0.2, 0) is 0 Å². The summed E-state index contributed by atoms with van der Waals surface area (Å²) in [6, 6.07) is 8.92. The van der Waals surface area contributed by atoms with Crippen LogP contribution in [0, 0.1) is 10.1 Å². The zero-order valence-corrected chi connectivity index (χ0v) is 14.8. The number of rotatable bonds is 5. The molecular formula is C16H10ClF5N4O3. The van der Waals surface area contributed by atoms with Gasteiger partial charge < -0.3 is 10.5 Å². The SMILES string of the molecule is NC(=NC(Cl)=Nc1ccc(OC(F)(F)C(F)(F)F)cc1)c1ccc([N+](=O)[O-])cc1. The maximum atomic E-state index is 12.8. The quantitative estimate of drug-likeness (QED) is 0.182. The Morgan fingerprint density at radius 3 is 2.07 bits per heavy atom. The second-order valence-corrected chi connectivity index (χ2v) is 5.63. The van der Waals surface area contributed by atoms with Gasteiger partial charge in [-0.1, -0.05) is 0 Å². The Kier molecular flexibility index (Phi) is 6.37. The lowest BCUT2D eigenvalue weighted by atomic mass is 10.2. The van der Waals surface area contributed by atoms with Gasteiger partial charge in [0.2, 0.25) is 5.29 Å². The van der Waals surface area contributed by atoms with Crippen LogP contribution in [0.3, 0.4) is 0 Å². The number of aliphatic imine (C=N–C) groups is 2. The number of nitrogens with two attached hydrogens (primary N) is 1. The highest BCUT2D eigenvalue weighted by molar-refractivity contribution is 6.66. The zero-order chi connectivity index (χ0) is 21.8. The Morgan fingerprint density at radius 2 is 1.59 bits per heavy atom. The minimum Gasteiger partial charge on any atom is -0.426 e. The predicted octanol–water partition coefficient (Wildman–Crippen LogP) is 4.76. The van der Waals surface area contributed by atoms with Crippen molar-refractivity contribution in [2.75, 3.05) is 0 Å². The summed E-state index contributed by atoms with van der Waals surface area (Å²) < 4.78 is 65.7. The van der Waals surface area contributed by atoms with E-state index in [1.54, 1.807) is 0 Å². The Morgan fingerprint density at radius 1 is 1.03 bits per heavy atom. The number of alkyl halides is 5. The fourth-order valence-electron chi connectivity index (χ4n) is 1.84. The van der Waals surface area contributed by atoms with Crippen molar-refractivity contribution >= 4 is 34.1 Å². The number of hydrogen-bond donors (Lipinski definition) is 1. The second kappa shape index (κ2) is 8.39. The van der Waals surface area contributed by atoms with Crippen molar-refractivity contribution in [3.63, 3.8) is 0 Å². The summed E-state index contributed by atoms with van der Waals surface area (Å²) in [6.07, 6.45) is -11.2. The molecule has 0 saturated carbocycles. The fourth-order valence-corrected chi connectivity index (χ4v) is 2.03. The third kappa shape index (κ3) is 5.85. The third-order valence-electron chi connectivity index (χ3n) is 3.22. The van der Waals surface area contributed by atoms with Crippen LogP contribution in [0.15, 0.2) is 58.5 Å². The molecule has 0 aliphatic carbocycles. The minimum absolute atomic E-state index is 0.0675. The van der Waals surface area contributed by atoms with E-state index in [-0.39, 0.29) is 22.5 Å². The van der Waals surface area contributed by atoms with Gasteiger partial charge in [-0.2, -0.15) is 22.0 Å². The van der Waals surface area contributed by atoms with Crippen LogP contribution in [0.2, 0.25) is 0 Å². The van der Waals surface area contributed by atoms with Crippen LogP contribution in [0.25, 0.3) is 0 Å². The molecule has 0 atom stereocenters. The molecule has 2 aromatic carbocycles. The highest BCUT2D eigenvalue weighted by Gasteiger charge is 2.61. The number of halogens is 6. The van der Waals surface area contributed by atoms with Gasteiger partial charge in [-0.3, -0.25) is 10.1 Å². The zero-order valence-electron chi connectivity index (χ0n) is 14.0. The van der Waals surface area contributed by atoms with Gasteiger partial charge in [-0.25, -0.2) is 9.98 Å². The molecule has 13 heteroatoms. The molecule has 0 radical (unpaired) electrons. The number of benzene rings is 2. The lowest BCUT2D eigenvalue weighted by molar-refractivity contribution is -0.384. The van der Waals surface area contributed by atoms with E-state index in [9.17, 15) is 32.1 Å². The van der Waals surface area contributed by atoms with E-state index in [0.717, 1.165) is 24.3 Å². The van der Waals surface area contributed by atoms with Gasteiger partial charge >= 0.3 is 12.3 Å². The van der Waals surface area contributed by atoms with Crippen LogP contribution in [0.4, 0.5) is 33.3 Å². The first-order chi connectivity index (χ1) is 13.4. The number of amidine groups is 2. The number of nitro benzene ring substituents is 1. The largest absolute Gasteiger partial charge is 0.499 e. The average Bonchev–Trinajstić information content (AvgIpc) is 2.62. The van der Waals surface area contributed by atoms with Crippen molar-refractivity contribution in [2.24, 2.45) is 15.7 Å². The van der Waals surface area contributed by atoms with Crippen LogP contribution in [0.1, 0.15) is 5.56 Å². The number of nitro groups is 1. The molecule has 2 rings (SSSR count). The van der Waals surface area contributed by atoms with Crippen molar-refractivity contribution in [3.05, 3.63) is 64.2 Å². The molecule has 154 valence electrons. The van der Waals surface area contributed by atoms with Crippen LogP contribution in [-0.4, -0.2) is 28.3 Å². The first-order valence-corrected chi connectivity index (χ1v) is 7.83. The summed E-state index contributed by atoms with van der Waals surface area (Å²) in [5.41, 5.74) is 5.95. The first kappa shape index (κ1) is 22.0. The number of hydrogen-bond acceptors (Lipinski definition) is 4. The predicted molar refractivity (Wildman–Crippen MR) is 94.8 cm³/mol. The van der Waals surface area contributed by atoms with E-state index >= 15 is 0 Å². The van der Waals surface area contributed by atoms with Crippen molar-refractivity contribution in [1.82, 2.24) is 0 Å². The molecule has 0 aliphatic rings. The number of nitrogens with zero attached hydrogens (tertiary/aromatic N) is 3. The summed E-state index contributed by atoms with van der Waals surface area (Å²) in [6.45, 7) is 0. The molecule has 2 N–H and O–H groups in total. The topological polar surface area (TPSA) is 103 Å². The van der Waals surface area contributed by atoms with Gasteiger partial charge in [0.25, 0.3) is 5.69 Å². The van der Waals surface area contributed by atoms with Gasteiger partial charge in [0.1, 0.15) is 11.6 Å². The molecule has 7 nitrogen and oxygen atoms in total. The van der Waals surface area contributed by atoms with Gasteiger partial charge in [0, 0.05) is 17.7 Å². The molecule has 0 amide bonds. The maximum Gasteiger partial charge on any atom is 0.499 e. The summed E-state index contributed by atoms with van der Waals surface area (Å²) in [5.74, 6) is -0.852. The Bertz CT molecular complexity index is 945. The molecular weight excluding hydrogens is 427 g/mol. The van der Waals surface area contributed by atoms with E-state index < -0.39 is 23.0 Å². The van der Waals surface area contributed by atoms with E-state index in [1.165, 1.54) is 24.3 Å². The number of ether oxygens (including phenoxy) is 1. The molecule has 0 unspecified atom stereocenters. The van der Waals surface area contributed by atoms with E-state index in [4.69, 9.17) is 17.3 Å². The molecule has 0 spiro atoms. The normalized spacial score (nSPS) is 13.3. The van der Waals surface area contributed by atoms with Crippen molar-refractivity contribution in [2.45, 2.75) is 12.3 Å². The lowest BCUT2D eigenvalue weighted by Crippen LogP contribution is -2.41. The highest BCUT2D eigenvalue weighted by Crippen LogP contribution is 2.37. The summed E-state index contributed by atoms with van der Waals surface area (Å²) >= 11 is 5.82. The van der Waals surface area contributed by atoms with Gasteiger partial charge in [-0.05, 0) is 48.0 Å². The van der Waals surface area contributed by atoms with Crippen LogP contribution in [0.5, 0.6) is 5.75 Å². The maximum absolute atomic E-state index is 12.8. The van der Waals surface area contributed by atoms with Gasteiger partial charge in [0.15, 0.2) is 0 Å². The molecule has 0 aromatic heterocycles. The molecule has 0 aliphatic heterocycles. The Labute approximate surface area is 164 Å². The second-order valence-electron chi connectivity index (χ2n) is 5.29. The van der Waals surface area contributed by atoms with Crippen LogP contribution < -0.4 is 10.5 Å². The van der Waals surface area contributed by atoms with E-state index in [2.05, 4.69) is 14.7 Å². The fraction of sp³-hybridized carbons (Fsp3) is 0.125. The van der Waals surface area contributed by atoms with Crippen molar-refractivity contribution in [3.8, 4) is 5.75 Å². The lowest BCUT2D eigenvalue weighted by Gasteiger charge is -2.20. The average molecular weight is 437 g/mol. The molecule has 0 bridgehead atoms. The molecule has 29 heavy (non-hydrogen) atoms. The van der Waals surface area contributed by atoms with E-state index in [1.807, 2.05) is 0 Å². The van der Waals surface area contributed by atoms with Gasteiger partial charge in [0.05, 0.1) is 10.6 Å². The Hall–Kier alpha value is -3.28. The first-order valence-electron chi connectivity index (χ1n) is 7.46. The Balaban J connectivity index is 2.13. The molecule has 0 heterocycles. The summed E-state index contributed by atoms with van der Waals surface area (Å²) in [7, 11) is 0. The molecule has 2 aromatic rings. The van der Waals surface area contributed by atoms with Crippen molar-refractivity contribution < 1.29 is 31.6 Å².